The van der Waals surface area contributed by atoms with Crippen LogP contribution >= 0.6 is 11.8 Å². The van der Waals surface area contributed by atoms with E-state index in [4.69, 9.17) is 10.8 Å². The average molecular weight is 463 g/mol. The van der Waals surface area contributed by atoms with Gasteiger partial charge in [0.15, 0.2) is 0 Å². The predicted octanol–water partition coefficient (Wildman–Crippen LogP) is -0.463. The molecule has 0 fully saturated rings. The molecule has 11 nitrogen and oxygen atoms in total. The Hall–Kier alpha value is -2.34. The Labute approximate surface area is 186 Å². The van der Waals surface area contributed by atoms with Gasteiger partial charge in [-0.3, -0.25) is 19.2 Å². The number of amides is 3. The fourth-order valence-corrected chi connectivity index (χ4v) is 3.03. The topological polar surface area (TPSA) is 188 Å². The minimum atomic E-state index is -1.17. The first-order valence-electron chi connectivity index (χ1n) is 9.99. The molecule has 4 atom stereocenters. The second kappa shape index (κ2) is 14.6. The molecular formula is C19H34N4O7S. The third-order valence-electron chi connectivity index (χ3n) is 4.32. The van der Waals surface area contributed by atoms with E-state index in [-0.39, 0.29) is 31.6 Å². The average Bonchev–Trinajstić information content (AvgIpc) is 2.67. The number of carboxylic acids is 2. The molecule has 0 bridgehead atoms. The highest BCUT2D eigenvalue weighted by Gasteiger charge is 2.28. The van der Waals surface area contributed by atoms with Crippen LogP contribution in [0.15, 0.2) is 0 Å². The van der Waals surface area contributed by atoms with E-state index in [1.165, 1.54) is 18.7 Å². The number of carboxylic acid groups (broad SMARTS) is 2. The van der Waals surface area contributed by atoms with E-state index >= 15 is 0 Å². The van der Waals surface area contributed by atoms with E-state index in [0.717, 1.165) is 0 Å². The number of carbonyl (C=O) groups is 5. The summed E-state index contributed by atoms with van der Waals surface area (Å²) >= 11 is 1.45. The fourth-order valence-electron chi connectivity index (χ4n) is 2.56. The summed E-state index contributed by atoms with van der Waals surface area (Å²) in [4.78, 5) is 59.1. The molecule has 0 aliphatic rings. The lowest BCUT2D eigenvalue weighted by molar-refractivity contribution is -0.142. The first kappa shape index (κ1) is 28.7. The Bertz CT molecular complexity index is 645. The van der Waals surface area contributed by atoms with Crippen LogP contribution in [0.3, 0.4) is 0 Å². The van der Waals surface area contributed by atoms with Gasteiger partial charge < -0.3 is 31.9 Å². The Morgan fingerprint density at radius 2 is 1.45 bits per heavy atom. The highest BCUT2D eigenvalue weighted by atomic mass is 32.2. The van der Waals surface area contributed by atoms with Crippen molar-refractivity contribution in [2.24, 2.45) is 11.7 Å². The maximum absolute atomic E-state index is 12.6. The van der Waals surface area contributed by atoms with Crippen molar-refractivity contribution < 1.29 is 34.2 Å². The second-order valence-corrected chi connectivity index (χ2v) is 8.63. The third-order valence-corrected chi connectivity index (χ3v) is 4.97. The molecule has 0 aromatic rings. The maximum atomic E-state index is 12.6. The molecule has 31 heavy (non-hydrogen) atoms. The molecule has 0 heterocycles. The molecule has 3 amide bonds. The SMILES string of the molecule is CSCCC(NC(=O)C(N)CCC(=O)O)C(=O)NC(C)C(=O)NC(CC(C)C)C(=O)O. The fraction of sp³-hybridized carbons (Fsp3) is 0.737. The third kappa shape index (κ3) is 12.2. The molecule has 178 valence electrons. The van der Waals surface area contributed by atoms with Gasteiger partial charge >= 0.3 is 11.9 Å². The summed E-state index contributed by atoms with van der Waals surface area (Å²) < 4.78 is 0. The largest absolute Gasteiger partial charge is 0.481 e. The van der Waals surface area contributed by atoms with Gasteiger partial charge in [-0.15, -0.1) is 0 Å². The van der Waals surface area contributed by atoms with Crippen LogP contribution < -0.4 is 21.7 Å². The van der Waals surface area contributed by atoms with Crippen molar-refractivity contribution in [3.05, 3.63) is 0 Å². The zero-order valence-corrected chi connectivity index (χ0v) is 19.2. The molecule has 7 N–H and O–H groups in total. The van der Waals surface area contributed by atoms with Crippen LogP contribution in [0.5, 0.6) is 0 Å². The highest BCUT2D eigenvalue weighted by molar-refractivity contribution is 7.98. The zero-order chi connectivity index (χ0) is 24.1. The predicted molar refractivity (Wildman–Crippen MR) is 116 cm³/mol. The minimum absolute atomic E-state index is 0.0442. The van der Waals surface area contributed by atoms with Crippen LogP contribution in [0.1, 0.15) is 46.5 Å². The molecule has 0 radical (unpaired) electrons. The maximum Gasteiger partial charge on any atom is 0.326 e. The van der Waals surface area contributed by atoms with E-state index in [0.29, 0.717) is 5.75 Å². The Morgan fingerprint density at radius 3 is 1.94 bits per heavy atom. The number of thioether (sulfide) groups is 1. The summed E-state index contributed by atoms with van der Waals surface area (Å²) in [6, 6.07) is -4.17. The molecule has 0 rings (SSSR count). The van der Waals surface area contributed by atoms with Crippen LogP contribution in [-0.4, -0.2) is 76.0 Å². The van der Waals surface area contributed by atoms with Crippen LogP contribution in [-0.2, 0) is 24.0 Å². The Balaban J connectivity index is 5.00. The van der Waals surface area contributed by atoms with Gasteiger partial charge in [0.2, 0.25) is 17.7 Å². The summed E-state index contributed by atoms with van der Waals surface area (Å²) in [5.74, 6) is -3.61. The van der Waals surface area contributed by atoms with Gasteiger partial charge in [0.1, 0.15) is 18.1 Å². The van der Waals surface area contributed by atoms with E-state index in [9.17, 15) is 29.1 Å². The van der Waals surface area contributed by atoms with Crippen LogP contribution in [0.2, 0.25) is 0 Å². The van der Waals surface area contributed by atoms with Crippen molar-refractivity contribution in [3.8, 4) is 0 Å². The van der Waals surface area contributed by atoms with Crippen molar-refractivity contribution in [2.45, 2.75) is 70.6 Å². The number of nitrogens with two attached hydrogens (primary N) is 1. The van der Waals surface area contributed by atoms with E-state index < -0.39 is 53.8 Å². The molecule has 0 aliphatic carbocycles. The first-order chi connectivity index (χ1) is 14.4. The molecule has 0 aliphatic heterocycles. The van der Waals surface area contributed by atoms with Crippen LogP contribution in [0, 0.1) is 5.92 Å². The molecule has 4 unspecified atom stereocenters. The van der Waals surface area contributed by atoms with Crippen LogP contribution in [0.25, 0.3) is 0 Å². The summed E-state index contributed by atoms with van der Waals surface area (Å²) in [6.07, 6.45) is 1.97. The normalized spacial score (nSPS) is 14.8. The van der Waals surface area contributed by atoms with Crippen LogP contribution in [0.4, 0.5) is 0 Å². The van der Waals surface area contributed by atoms with E-state index in [1.54, 1.807) is 0 Å². The van der Waals surface area contributed by atoms with Crippen molar-refractivity contribution in [2.75, 3.05) is 12.0 Å². The van der Waals surface area contributed by atoms with E-state index in [2.05, 4.69) is 16.0 Å². The summed E-state index contributed by atoms with van der Waals surface area (Å²) in [7, 11) is 0. The minimum Gasteiger partial charge on any atom is -0.481 e. The van der Waals surface area contributed by atoms with Gasteiger partial charge in [0.05, 0.1) is 6.04 Å². The van der Waals surface area contributed by atoms with Crippen molar-refractivity contribution in [1.29, 1.82) is 0 Å². The monoisotopic (exact) mass is 462 g/mol. The van der Waals surface area contributed by atoms with E-state index in [1.807, 2.05) is 20.1 Å². The quantitative estimate of drug-likeness (QED) is 0.187. The van der Waals surface area contributed by atoms with Gasteiger partial charge in [-0.2, -0.15) is 11.8 Å². The number of hydrogen-bond acceptors (Lipinski definition) is 7. The second-order valence-electron chi connectivity index (χ2n) is 7.64. The molecule has 0 aromatic carbocycles. The van der Waals surface area contributed by atoms with Crippen molar-refractivity contribution in [1.82, 2.24) is 16.0 Å². The van der Waals surface area contributed by atoms with Gasteiger partial charge in [-0.1, -0.05) is 13.8 Å². The van der Waals surface area contributed by atoms with Crippen molar-refractivity contribution >= 4 is 41.4 Å². The van der Waals surface area contributed by atoms with Gasteiger partial charge in [-0.05, 0) is 44.1 Å². The number of aliphatic carboxylic acids is 2. The molecule has 0 spiro atoms. The molecule has 0 aromatic heterocycles. The lowest BCUT2D eigenvalue weighted by atomic mass is 10.0. The first-order valence-corrected chi connectivity index (χ1v) is 11.4. The number of carbonyl (C=O) groups excluding carboxylic acids is 3. The van der Waals surface area contributed by atoms with Crippen molar-refractivity contribution in [3.63, 3.8) is 0 Å². The molecular weight excluding hydrogens is 428 g/mol. The molecule has 0 saturated carbocycles. The summed E-state index contributed by atoms with van der Waals surface area (Å²) in [5, 5.41) is 25.3. The Morgan fingerprint density at radius 1 is 0.871 bits per heavy atom. The molecule has 12 heteroatoms. The Kier molecular flexibility index (Phi) is 13.5. The highest BCUT2D eigenvalue weighted by Crippen LogP contribution is 2.06. The molecule has 0 saturated heterocycles. The number of rotatable bonds is 15. The number of nitrogens with one attached hydrogen (secondary N) is 3. The zero-order valence-electron chi connectivity index (χ0n) is 18.3. The summed E-state index contributed by atoms with van der Waals surface area (Å²) in [6.45, 7) is 5.06. The smallest absolute Gasteiger partial charge is 0.326 e. The number of hydrogen-bond donors (Lipinski definition) is 6. The van der Waals surface area contributed by atoms with Gasteiger partial charge in [-0.25, -0.2) is 4.79 Å². The lowest BCUT2D eigenvalue weighted by Crippen LogP contribution is -2.56. The van der Waals surface area contributed by atoms with Gasteiger partial charge in [0.25, 0.3) is 0 Å². The van der Waals surface area contributed by atoms with Gasteiger partial charge in [0, 0.05) is 6.42 Å². The lowest BCUT2D eigenvalue weighted by Gasteiger charge is -2.23. The standard InChI is InChI=1S/C19H34N4O7S/c1-10(2)9-14(19(29)30)23-16(26)11(3)21-18(28)13(7-8-31-4)22-17(27)12(20)5-6-15(24)25/h10-14H,5-9,20H2,1-4H3,(H,21,28)(H,22,27)(H,23,26)(H,24,25)(H,29,30). The summed E-state index contributed by atoms with van der Waals surface area (Å²) in [5.41, 5.74) is 5.68.